The van der Waals surface area contributed by atoms with E-state index in [1.165, 1.54) is 0 Å². The summed E-state index contributed by atoms with van der Waals surface area (Å²) in [5, 5.41) is 12.8. The lowest BCUT2D eigenvalue weighted by atomic mass is 9.99. The zero-order valence-corrected chi connectivity index (χ0v) is 12.3. The van der Waals surface area contributed by atoms with Gasteiger partial charge in [0, 0.05) is 24.7 Å². The van der Waals surface area contributed by atoms with Gasteiger partial charge in [0.25, 0.3) is 0 Å². The molecule has 0 aliphatic carbocycles. The Balaban J connectivity index is 1.75. The minimum Gasteiger partial charge on any atom is -0.396 e. The van der Waals surface area contributed by atoms with Gasteiger partial charge in [-0.25, -0.2) is 0 Å². The molecule has 110 valence electrons. The molecule has 1 aliphatic heterocycles. The first-order chi connectivity index (χ1) is 9.67. The van der Waals surface area contributed by atoms with Crippen molar-refractivity contribution in [3.8, 4) is 0 Å². The highest BCUT2D eigenvalue weighted by atomic mass is 35.5. The van der Waals surface area contributed by atoms with Crippen molar-refractivity contribution in [2.45, 2.75) is 19.4 Å². The van der Waals surface area contributed by atoms with E-state index in [2.05, 4.69) is 10.2 Å². The Morgan fingerprint density at radius 3 is 3.10 bits per heavy atom. The molecule has 1 atom stereocenters. The zero-order chi connectivity index (χ0) is 14.4. The molecule has 1 unspecified atom stereocenters. The van der Waals surface area contributed by atoms with Gasteiger partial charge in [-0.3, -0.25) is 9.69 Å². The van der Waals surface area contributed by atoms with Crippen LogP contribution in [0.3, 0.4) is 0 Å². The summed E-state index contributed by atoms with van der Waals surface area (Å²) in [5.41, 5.74) is 0.998. The lowest BCUT2D eigenvalue weighted by Gasteiger charge is -2.31. The first kappa shape index (κ1) is 15.3. The fourth-order valence-electron chi connectivity index (χ4n) is 2.55. The fourth-order valence-corrected chi connectivity index (χ4v) is 2.76. The Morgan fingerprint density at radius 1 is 1.50 bits per heavy atom. The van der Waals surface area contributed by atoms with E-state index in [9.17, 15) is 9.90 Å². The van der Waals surface area contributed by atoms with Crippen molar-refractivity contribution in [3.05, 3.63) is 34.9 Å². The molecule has 0 radical (unpaired) electrons. The number of piperidine rings is 1. The molecule has 2 N–H and O–H groups in total. The van der Waals surface area contributed by atoms with Gasteiger partial charge < -0.3 is 10.4 Å². The number of amides is 1. The highest BCUT2D eigenvalue weighted by Gasteiger charge is 2.20. The quantitative estimate of drug-likeness (QED) is 0.869. The summed E-state index contributed by atoms with van der Waals surface area (Å²) < 4.78 is 0. The van der Waals surface area contributed by atoms with Crippen molar-refractivity contribution >= 4 is 17.5 Å². The number of nitrogens with zero attached hydrogens (tertiary/aromatic N) is 1. The van der Waals surface area contributed by atoms with Gasteiger partial charge in [-0.15, -0.1) is 0 Å². The Bertz CT molecular complexity index is 453. The maximum Gasteiger partial charge on any atom is 0.234 e. The molecule has 1 heterocycles. The molecule has 1 aromatic carbocycles. The van der Waals surface area contributed by atoms with Crippen LogP contribution in [0.25, 0.3) is 0 Å². The molecule has 4 nitrogen and oxygen atoms in total. The van der Waals surface area contributed by atoms with Crippen LogP contribution in [0.1, 0.15) is 18.4 Å². The van der Waals surface area contributed by atoms with Gasteiger partial charge in [0.15, 0.2) is 0 Å². The SMILES string of the molecule is O=C(CN1CCCC(CO)C1)NCc1cccc(Cl)c1. The molecular weight excluding hydrogens is 276 g/mol. The van der Waals surface area contributed by atoms with Crippen LogP contribution in [0.4, 0.5) is 0 Å². The highest BCUT2D eigenvalue weighted by Crippen LogP contribution is 2.15. The van der Waals surface area contributed by atoms with Crippen molar-refractivity contribution in [2.24, 2.45) is 5.92 Å². The lowest BCUT2D eigenvalue weighted by molar-refractivity contribution is -0.122. The van der Waals surface area contributed by atoms with Gasteiger partial charge in [0.05, 0.1) is 6.54 Å². The molecule has 5 heteroatoms. The molecule has 1 amide bonds. The number of rotatable bonds is 5. The summed E-state index contributed by atoms with van der Waals surface area (Å²) in [7, 11) is 0. The molecule has 0 aromatic heterocycles. The van der Waals surface area contributed by atoms with Crippen LogP contribution in [0.2, 0.25) is 5.02 Å². The predicted octanol–water partition coefficient (Wildman–Crippen LogP) is 1.66. The summed E-state index contributed by atoms with van der Waals surface area (Å²) >= 11 is 5.90. The predicted molar refractivity (Wildman–Crippen MR) is 79.5 cm³/mol. The van der Waals surface area contributed by atoms with Crippen LogP contribution in [-0.2, 0) is 11.3 Å². The van der Waals surface area contributed by atoms with Crippen molar-refractivity contribution in [1.29, 1.82) is 0 Å². The lowest BCUT2D eigenvalue weighted by Crippen LogP contribution is -2.43. The van der Waals surface area contributed by atoms with Gasteiger partial charge in [0.1, 0.15) is 0 Å². The number of likely N-dealkylation sites (tertiary alicyclic amines) is 1. The third-order valence-electron chi connectivity index (χ3n) is 3.61. The normalized spacial score (nSPS) is 19.8. The third kappa shape index (κ3) is 4.78. The minimum absolute atomic E-state index is 0.0172. The van der Waals surface area contributed by atoms with Crippen LogP contribution >= 0.6 is 11.6 Å². The standard InChI is InChI=1S/C15H21ClN2O2/c16-14-5-1-3-12(7-14)8-17-15(20)10-18-6-2-4-13(9-18)11-19/h1,3,5,7,13,19H,2,4,6,8-11H2,(H,17,20). The van der Waals surface area contributed by atoms with E-state index in [0.717, 1.165) is 31.5 Å². The zero-order valence-electron chi connectivity index (χ0n) is 11.5. The summed E-state index contributed by atoms with van der Waals surface area (Å²) in [4.78, 5) is 14.0. The first-order valence-electron chi connectivity index (χ1n) is 7.01. The van der Waals surface area contributed by atoms with Gasteiger partial charge in [0.2, 0.25) is 5.91 Å². The average molecular weight is 297 g/mol. The number of hydrogen-bond acceptors (Lipinski definition) is 3. The van der Waals surface area contributed by atoms with Crippen molar-refractivity contribution in [3.63, 3.8) is 0 Å². The smallest absolute Gasteiger partial charge is 0.234 e. The molecule has 1 aliphatic rings. The molecule has 1 fully saturated rings. The number of carbonyl (C=O) groups is 1. The van der Waals surface area contributed by atoms with E-state index < -0.39 is 0 Å². The summed E-state index contributed by atoms with van der Waals surface area (Å²) in [6, 6.07) is 7.48. The number of nitrogens with one attached hydrogen (secondary N) is 1. The van der Waals surface area contributed by atoms with E-state index in [1.807, 2.05) is 24.3 Å². The van der Waals surface area contributed by atoms with Crippen LogP contribution in [0, 0.1) is 5.92 Å². The maximum atomic E-state index is 11.9. The second-order valence-corrected chi connectivity index (χ2v) is 5.77. The number of carbonyl (C=O) groups excluding carboxylic acids is 1. The van der Waals surface area contributed by atoms with E-state index in [1.54, 1.807) is 0 Å². The van der Waals surface area contributed by atoms with E-state index in [4.69, 9.17) is 11.6 Å². The summed E-state index contributed by atoms with van der Waals surface area (Å²) in [6.45, 7) is 2.84. The molecular formula is C15H21ClN2O2. The topological polar surface area (TPSA) is 52.6 Å². The molecule has 0 bridgehead atoms. The number of hydrogen-bond donors (Lipinski definition) is 2. The van der Waals surface area contributed by atoms with Gasteiger partial charge in [-0.1, -0.05) is 23.7 Å². The average Bonchev–Trinajstić information content (AvgIpc) is 2.45. The molecule has 2 rings (SSSR count). The van der Waals surface area contributed by atoms with Crippen molar-refractivity contribution < 1.29 is 9.90 Å². The van der Waals surface area contributed by atoms with E-state index >= 15 is 0 Å². The molecule has 1 aromatic rings. The Labute approximate surface area is 124 Å². The van der Waals surface area contributed by atoms with Crippen molar-refractivity contribution in [2.75, 3.05) is 26.2 Å². The number of aliphatic hydroxyl groups is 1. The summed E-state index contributed by atoms with van der Waals surface area (Å²) in [6.07, 6.45) is 2.10. The largest absolute Gasteiger partial charge is 0.396 e. The van der Waals surface area contributed by atoms with Gasteiger partial charge >= 0.3 is 0 Å². The molecule has 20 heavy (non-hydrogen) atoms. The maximum absolute atomic E-state index is 11.9. The van der Waals surface area contributed by atoms with Crippen LogP contribution in [0.15, 0.2) is 24.3 Å². The minimum atomic E-state index is 0.0172. The van der Waals surface area contributed by atoms with Gasteiger partial charge in [-0.05, 0) is 43.0 Å². The first-order valence-corrected chi connectivity index (χ1v) is 7.39. The van der Waals surface area contributed by atoms with E-state index in [0.29, 0.717) is 24.0 Å². The molecule has 1 saturated heterocycles. The Hall–Kier alpha value is -1.10. The number of halogens is 1. The van der Waals surface area contributed by atoms with E-state index in [-0.39, 0.29) is 12.5 Å². The van der Waals surface area contributed by atoms with Crippen LogP contribution < -0.4 is 5.32 Å². The summed E-state index contributed by atoms with van der Waals surface area (Å²) in [5.74, 6) is 0.327. The van der Waals surface area contributed by atoms with Crippen LogP contribution in [0.5, 0.6) is 0 Å². The van der Waals surface area contributed by atoms with Gasteiger partial charge in [-0.2, -0.15) is 0 Å². The fraction of sp³-hybridized carbons (Fsp3) is 0.533. The Morgan fingerprint density at radius 2 is 2.35 bits per heavy atom. The second-order valence-electron chi connectivity index (χ2n) is 5.33. The molecule has 0 saturated carbocycles. The molecule has 0 spiro atoms. The monoisotopic (exact) mass is 296 g/mol. The van der Waals surface area contributed by atoms with Crippen molar-refractivity contribution in [1.82, 2.24) is 10.2 Å². The number of aliphatic hydroxyl groups excluding tert-OH is 1. The third-order valence-corrected chi connectivity index (χ3v) is 3.84. The Kier molecular flexibility index (Phi) is 5.83. The van der Waals surface area contributed by atoms with Crippen LogP contribution in [-0.4, -0.2) is 42.2 Å². The second kappa shape index (κ2) is 7.62. The highest BCUT2D eigenvalue weighted by molar-refractivity contribution is 6.30. The number of benzene rings is 1.